The monoisotopic (exact) mass is 501 g/mol. The molecule has 172 valence electrons. The third-order valence-electron chi connectivity index (χ3n) is 4.82. The Bertz CT molecular complexity index is 1440. The predicted molar refractivity (Wildman–Crippen MR) is 124 cm³/mol. The molecule has 0 aliphatic heterocycles. The van der Waals surface area contributed by atoms with Gasteiger partial charge in [0.2, 0.25) is 12.3 Å². The molecule has 4 aromatic rings. The first-order chi connectivity index (χ1) is 16.3. The summed E-state index contributed by atoms with van der Waals surface area (Å²) in [6.07, 6.45) is 2.67. The fourth-order valence-corrected chi connectivity index (χ4v) is 3.78. The van der Waals surface area contributed by atoms with Crippen LogP contribution in [0, 0.1) is 16.8 Å². The predicted octanol–water partition coefficient (Wildman–Crippen LogP) is 5.03. The van der Waals surface area contributed by atoms with E-state index in [-0.39, 0.29) is 44.9 Å². The van der Waals surface area contributed by atoms with Crippen molar-refractivity contribution >= 4 is 28.9 Å². The smallest absolute Gasteiger partial charge is 0.255 e. The molecule has 2 heterocycles. The first-order valence-corrected chi connectivity index (χ1v) is 10.6. The molecule has 4 rings (SSSR count). The van der Waals surface area contributed by atoms with E-state index < -0.39 is 17.2 Å². The second kappa shape index (κ2) is 10.0. The first kappa shape index (κ1) is 23.4. The van der Waals surface area contributed by atoms with Gasteiger partial charge in [-0.05, 0) is 36.4 Å². The lowest BCUT2D eigenvalue weighted by Crippen LogP contribution is -2.31. The number of oxime groups is 1. The highest BCUT2D eigenvalue weighted by Crippen LogP contribution is 2.27. The van der Waals surface area contributed by atoms with E-state index in [0.29, 0.717) is 10.8 Å². The molecule has 0 fully saturated rings. The lowest BCUT2D eigenvalue weighted by atomic mass is 10.0. The van der Waals surface area contributed by atoms with Gasteiger partial charge in [0.15, 0.2) is 6.20 Å². The molecule has 0 radical (unpaired) electrons. The third-order valence-corrected chi connectivity index (χ3v) is 5.43. The van der Waals surface area contributed by atoms with Gasteiger partial charge in [-0.3, -0.25) is 9.36 Å². The largest absolute Gasteiger partial charge is 0.618 e. The Kier molecular flexibility index (Phi) is 6.90. The molecule has 2 aromatic heterocycles. The second-order valence-corrected chi connectivity index (χ2v) is 7.87. The van der Waals surface area contributed by atoms with Crippen molar-refractivity contribution < 1.29 is 18.3 Å². The van der Waals surface area contributed by atoms with E-state index in [1.807, 2.05) is 0 Å². The molecular weight excluding hydrogens is 487 g/mol. The van der Waals surface area contributed by atoms with Gasteiger partial charge in [0.1, 0.15) is 17.3 Å². The zero-order valence-corrected chi connectivity index (χ0v) is 18.8. The SMILES string of the molecule is O=c1ccc(/C(=N/OCc2cccc[n+]2[O-])c2ccc(F)cc2F)cn1-c1c(Cl)cccc1Cl. The van der Waals surface area contributed by atoms with Gasteiger partial charge in [-0.2, -0.15) is 4.73 Å². The van der Waals surface area contributed by atoms with Crippen molar-refractivity contribution in [2.24, 2.45) is 5.16 Å². The molecule has 10 heteroatoms. The average Bonchev–Trinajstić information content (AvgIpc) is 2.80. The molecule has 0 spiro atoms. The van der Waals surface area contributed by atoms with Crippen LogP contribution in [0.4, 0.5) is 8.78 Å². The van der Waals surface area contributed by atoms with E-state index >= 15 is 0 Å². The standard InChI is InChI=1S/C24H15Cl2F2N3O3/c25-19-5-3-6-20(26)24(19)30-13-15(7-10-22(30)32)23(18-9-8-16(27)12-21(18)28)29-34-14-17-4-1-2-11-31(17)33/h1-13H,14H2/b29-23-. The molecule has 6 nitrogen and oxygen atoms in total. The average molecular weight is 502 g/mol. The molecule has 0 aliphatic rings. The maximum absolute atomic E-state index is 14.7. The minimum atomic E-state index is -0.894. The van der Waals surface area contributed by atoms with Crippen LogP contribution in [0.2, 0.25) is 10.0 Å². The van der Waals surface area contributed by atoms with Crippen molar-refractivity contribution in [3.63, 3.8) is 0 Å². The molecule has 0 bridgehead atoms. The maximum Gasteiger partial charge on any atom is 0.255 e. The number of hydrogen-bond donors (Lipinski definition) is 0. The van der Waals surface area contributed by atoms with Crippen LogP contribution in [-0.4, -0.2) is 10.3 Å². The van der Waals surface area contributed by atoms with E-state index in [2.05, 4.69) is 5.16 Å². The van der Waals surface area contributed by atoms with Crippen LogP contribution in [0.5, 0.6) is 0 Å². The van der Waals surface area contributed by atoms with Crippen molar-refractivity contribution in [3.05, 3.63) is 133 Å². The van der Waals surface area contributed by atoms with Gasteiger partial charge in [-0.1, -0.05) is 34.4 Å². The molecule has 0 aliphatic carbocycles. The summed E-state index contributed by atoms with van der Waals surface area (Å²) in [4.78, 5) is 17.9. The fourth-order valence-electron chi connectivity index (χ4n) is 3.20. The number of rotatable bonds is 6. The molecule has 0 saturated carbocycles. The summed E-state index contributed by atoms with van der Waals surface area (Å²) in [6, 6.07) is 15.1. The highest BCUT2D eigenvalue weighted by Gasteiger charge is 2.18. The molecular formula is C24H15Cl2F2N3O3. The molecule has 0 amide bonds. The van der Waals surface area contributed by atoms with Crippen LogP contribution in [0.25, 0.3) is 5.69 Å². The zero-order chi connectivity index (χ0) is 24.2. The Morgan fingerprint density at radius 1 is 1.03 bits per heavy atom. The van der Waals surface area contributed by atoms with E-state index in [1.54, 1.807) is 36.4 Å². The van der Waals surface area contributed by atoms with Crippen LogP contribution in [0.3, 0.4) is 0 Å². The van der Waals surface area contributed by atoms with Gasteiger partial charge in [-0.25, -0.2) is 8.78 Å². The van der Waals surface area contributed by atoms with E-state index in [4.69, 9.17) is 28.0 Å². The summed E-state index contributed by atoms with van der Waals surface area (Å²) < 4.78 is 30.0. The van der Waals surface area contributed by atoms with Gasteiger partial charge in [0.25, 0.3) is 5.56 Å². The van der Waals surface area contributed by atoms with Gasteiger partial charge in [0, 0.05) is 41.6 Å². The number of pyridine rings is 2. The number of aromatic nitrogens is 2. The summed E-state index contributed by atoms with van der Waals surface area (Å²) in [5.41, 5.74) is 0.175. The molecule has 0 atom stereocenters. The van der Waals surface area contributed by atoms with Gasteiger partial charge >= 0.3 is 0 Å². The summed E-state index contributed by atoms with van der Waals surface area (Å²) in [5.74, 6) is -1.67. The van der Waals surface area contributed by atoms with Crippen molar-refractivity contribution in [3.8, 4) is 5.69 Å². The molecule has 0 N–H and O–H groups in total. The van der Waals surface area contributed by atoms with Crippen LogP contribution in [-0.2, 0) is 11.4 Å². The van der Waals surface area contributed by atoms with Crippen molar-refractivity contribution in [2.45, 2.75) is 6.61 Å². The summed E-state index contributed by atoms with van der Waals surface area (Å²) in [7, 11) is 0. The lowest BCUT2D eigenvalue weighted by Gasteiger charge is -2.13. The van der Waals surface area contributed by atoms with E-state index in [0.717, 1.165) is 6.07 Å². The maximum atomic E-state index is 14.7. The Labute approximate surface area is 202 Å². The number of para-hydroxylation sites is 1. The topological polar surface area (TPSA) is 70.5 Å². The molecule has 34 heavy (non-hydrogen) atoms. The number of nitrogens with zero attached hydrogens (tertiary/aromatic N) is 3. The highest BCUT2D eigenvalue weighted by atomic mass is 35.5. The van der Waals surface area contributed by atoms with E-state index in [1.165, 1.54) is 35.2 Å². The quantitative estimate of drug-likeness (QED) is 0.161. The van der Waals surface area contributed by atoms with E-state index in [9.17, 15) is 18.8 Å². The third kappa shape index (κ3) is 4.93. The summed E-state index contributed by atoms with van der Waals surface area (Å²) >= 11 is 12.5. The fraction of sp³-hybridized carbons (Fsp3) is 0.0417. The first-order valence-electron chi connectivity index (χ1n) is 9.85. The van der Waals surface area contributed by atoms with Gasteiger partial charge < -0.3 is 10.0 Å². The normalized spacial score (nSPS) is 11.5. The Hall–Kier alpha value is -3.75. The van der Waals surface area contributed by atoms with Crippen LogP contribution in [0.1, 0.15) is 16.8 Å². The number of halogens is 4. The minimum absolute atomic E-state index is 0.0391. The van der Waals surface area contributed by atoms with Crippen LogP contribution in [0.15, 0.2) is 89.1 Å². The summed E-state index contributed by atoms with van der Waals surface area (Å²) in [5, 5.41) is 16.3. The molecule has 0 unspecified atom stereocenters. The van der Waals surface area contributed by atoms with Crippen molar-refractivity contribution in [1.29, 1.82) is 0 Å². The van der Waals surface area contributed by atoms with Gasteiger partial charge in [0.05, 0.1) is 15.7 Å². The highest BCUT2D eigenvalue weighted by molar-refractivity contribution is 6.37. The second-order valence-electron chi connectivity index (χ2n) is 7.05. The van der Waals surface area contributed by atoms with Gasteiger partial charge in [-0.15, -0.1) is 0 Å². The molecule has 0 saturated heterocycles. The Balaban J connectivity index is 1.82. The van der Waals surface area contributed by atoms with Crippen LogP contribution < -0.4 is 10.3 Å². The summed E-state index contributed by atoms with van der Waals surface area (Å²) in [6.45, 7) is -0.216. The number of benzene rings is 2. The van der Waals surface area contributed by atoms with Crippen molar-refractivity contribution in [1.82, 2.24) is 4.57 Å². The Morgan fingerprint density at radius 3 is 2.50 bits per heavy atom. The Morgan fingerprint density at radius 2 is 1.79 bits per heavy atom. The number of hydrogen-bond acceptors (Lipinski definition) is 4. The lowest BCUT2D eigenvalue weighted by molar-refractivity contribution is -0.616. The minimum Gasteiger partial charge on any atom is -0.618 e. The van der Waals surface area contributed by atoms with Crippen LogP contribution >= 0.6 is 23.2 Å². The molecule has 2 aromatic carbocycles. The zero-order valence-electron chi connectivity index (χ0n) is 17.3. The van der Waals surface area contributed by atoms with Crippen molar-refractivity contribution in [2.75, 3.05) is 0 Å².